The van der Waals surface area contributed by atoms with Crippen molar-refractivity contribution in [2.24, 2.45) is 0 Å². The number of allylic oxidation sites excluding steroid dienone is 24. The smallest absolute Gasteiger partial charge is 0.462 e. The Morgan fingerprint density at radius 3 is 0.963 bits per heavy atom. The van der Waals surface area contributed by atoms with Crippen LogP contribution in [0, 0.1) is 0 Å². The average Bonchev–Trinajstić information content (AvgIpc) is 3.45. The maximum atomic E-state index is 12.9. The lowest BCUT2D eigenvalue weighted by molar-refractivity contribution is -0.161. The third kappa shape index (κ3) is 58.0. The third-order valence-electron chi connectivity index (χ3n) is 12.2. The van der Waals surface area contributed by atoms with Gasteiger partial charge in [-0.05, 0) is 135 Å². The van der Waals surface area contributed by atoms with Crippen LogP contribution >= 0.6 is 7.82 Å². The number of rotatable bonds is 55. The molecule has 452 valence electrons. The van der Waals surface area contributed by atoms with Gasteiger partial charge in [-0.25, -0.2) is 4.57 Å². The number of carbonyl (C=O) groups excluding carboxylic acids is 3. The Morgan fingerprint density at radius 1 is 0.350 bits per heavy atom. The number of phosphoric acid groups is 1. The summed E-state index contributed by atoms with van der Waals surface area (Å²) in [7, 11) is -4.78. The van der Waals surface area contributed by atoms with Crippen LogP contribution in [0.3, 0.4) is 0 Å². The van der Waals surface area contributed by atoms with E-state index in [0.29, 0.717) is 19.3 Å². The van der Waals surface area contributed by atoms with E-state index in [4.69, 9.17) is 23.3 Å². The topological polar surface area (TPSA) is 155 Å². The second-order valence-corrected chi connectivity index (χ2v) is 21.2. The lowest BCUT2D eigenvalue weighted by atomic mass is 10.1. The summed E-state index contributed by atoms with van der Waals surface area (Å²) >= 11 is 0. The summed E-state index contributed by atoms with van der Waals surface area (Å²) in [5.74, 6) is -1.56. The van der Waals surface area contributed by atoms with Crippen LogP contribution in [0.15, 0.2) is 146 Å². The van der Waals surface area contributed by atoms with Crippen molar-refractivity contribution >= 4 is 25.7 Å². The summed E-state index contributed by atoms with van der Waals surface area (Å²) in [5, 5.41) is 9.85. The van der Waals surface area contributed by atoms with Crippen LogP contribution in [0.5, 0.6) is 0 Å². The second kappa shape index (κ2) is 60.5. The van der Waals surface area contributed by atoms with Gasteiger partial charge in [-0.1, -0.05) is 218 Å². The van der Waals surface area contributed by atoms with Gasteiger partial charge in [0.15, 0.2) is 6.10 Å². The molecule has 0 bridgehead atoms. The molecule has 0 rings (SSSR count). The van der Waals surface area contributed by atoms with Crippen LogP contribution in [0.2, 0.25) is 0 Å². The lowest BCUT2D eigenvalue weighted by Crippen LogP contribution is -2.30. The van der Waals surface area contributed by atoms with Gasteiger partial charge in [-0.3, -0.25) is 23.4 Å². The molecule has 3 atom stereocenters. The van der Waals surface area contributed by atoms with Gasteiger partial charge in [0.1, 0.15) is 12.7 Å². The van der Waals surface area contributed by atoms with Gasteiger partial charge in [-0.15, -0.1) is 0 Å². The van der Waals surface area contributed by atoms with Crippen molar-refractivity contribution in [2.45, 2.75) is 238 Å². The van der Waals surface area contributed by atoms with Crippen LogP contribution in [-0.4, -0.2) is 66.5 Å². The molecule has 12 heteroatoms. The van der Waals surface area contributed by atoms with Crippen molar-refractivity contribution in [3.8, 4) is 0 Å². The fraction of sp³-hybridized carbons (Fsp3) is 0.603. The maximum absolute atomic E-state index is 12.9. The Bertz CT molecular complexity index is 1900. The summed E-state index contributed by atoms with van der Waals surface area (Å²) in [6, 6.07) is 0. The third-order valence-corrected chi connectivity index (χ3v) is 13.2. The first-order valence-electron chi connectivity index (χ1n) is 30.7. The zero-order chi connectivity index (χ0) is 58.3. The van der Waals surface area contributed by atoms with Gasteiger partial charge >= 0.3 is 25.7 Å². The summed E-state index contributed by atoms with van der Waals surface area (Å²) in [4.78, 5) is 48.7. The van der Waals surface area contributed by atoms with Crippen molar-refractivity contribution in [3.63, 3.8) is 0 Å². The van der Waals surface area contributed by atoms with E-state index < -0.39 is 57.8 Å². The lowest BCUT2D eigenvalue weighted by Gasteiger charge is -2.21. The minimum absolute atomic E-state index is 0.133. The van der Waals surface area contributed by atoms with E-state index in [-0.39, 0.29) is 25.9 Å². The van der Waals surface area contributed by atoms with E-state index in [2.05, 4.69) is 167 Å². The normalized spacial score (nSPS) is 14.3. The standard InChI is InChI=1S/C68H109O11P/c1-4-7-10-13-16-19-22-25-28-30-32-34-37-40-43-46-49-52-55-58-67(71)78-64(60-69)62-76-80(73,74)77-63-65(61-75-66(70)57-54-51-48-45-42-39-36-27-24-21-18-15-12-9-6-3)79-68(72)59-56-53-50-47-44-41-38-35-33-31-29-26-23-20-17-14-11-8-5-2/h7-12,16-21,25-29,32-36,42,45,64-65,69H,4-6,13-15,22-24,30-31,37-41,43-44,46-63H2,1-3H3,(H,73,74)/b10-7-,11-8-,12-9-,19-16-,20-17-,21-18-,28-25-,29-26-,34-32-,35-33-,36-27-,45-42-. The minimum Gasteiger partial charge on any atom is -0.462 e. The second-order valence-electron chi connectivity index (χ2n) is 19.7. The molecule has 0 heterocycles. The fourth-order valence-corrected chi connectivity index (χ4v) is 8.47. The number of unbranched alkanes of at least 4 members (excludes halogenated alkanes) is 14. The van der Waals surface area contributed by atoms with Crippen molar-refractivity contribution in [1.82, 2.24) is 0 Å². The van der Waals surface area contributed by atoms with E-state index >= 15 is 0 Å². The molecule has 0 aromatic heterocycles. The van der Waals surface area contributed by atoms with E-state index in [1.54, 1.807) is 0 Å². The van der Waals surface area contributed by atoms with Gasteiger partial charge in [0.2, 0.25) is 0 Å². The number of esters is 3. The highest BCUT2D eigenvalue weighted by Crippen LogP contribution is 2.43. The highest BCUT2D eigenvalue weighted by molar-refractivity contribution is 7.47. The van der Waals surface area contributed by atoms with Crippen molar-refractivity contribution in [1.29, 1.82) is 0 Å². The summed E-state index contributed by atoms with van der Waals surface area (Å²) < 4.78 is 39.6. The molecule has 0 aliphatic rings. The molecule has 0 radical (unpaired) electrons. The molecule has 0 saturated carbocycles. The van der Waals surface area contributed by atoms with Gasteiger partial charge in [-0.2, -0.15) is 0 Å². The maximum Gasteiger partial charge on any atom is 0.472 e. The van der Waals surface area contributed by atoms with Crippen LogP contribution < -0.4 is 0 Å². The summed E-state index contributed by atoms with van der Waals surface area (Å²) in [5.41, 5.74) is 0. The highest BCUT2D eigenvalue weighted by atomic mass is 31.2. The summed E-state index contributed by atoms with van der Waals surface area (Å²) in [6.45, 7) is 4.22. The molecule has 0 aliphatic heterocycles. The van der Waals surface area contributed by atoms with E-state index in [1.807, 2.05) is 0 Å². The number of ether oxygens (including phenoxy) is 3. The minimum atomic E-state index is -4.78. The van der Waals surface area contributed by atoms with Gasteiger partial charge in [0.05, 0.1) is 19.8 Å². The average molecular weight is 1130 g/mol. The molecule has 3 unspecified atom stereocenters. The molecule has 11 nitrogen and oxygen atoms in total. The predicted molar refractivity (Wildman–Crippen MR) is 334 cm³/mol. The first-order chi connectivity index (χ1) is 39.2. The molecule has 0 spiro atoms. The molecule has 2 N–H and O–H groups in total. The van der Waals surface area contributed by atoms with Crippen molar-refractivity contribution in [3.05, 3.63) is 146 Å². The molecule has 0 aromatic carbocycles. The zero-order valence-electron chi connectivity index (χ0n) is 50.0. The first-order valence-corrected chi connectivity index (χ1v) is 32.2. The molecule has 0 fully saturated rings. The zero-order valence-corrected chi connectivity index (χ0v) is 50.9. The predicted octanol–water partition coefficient (Wildman–Crippen LogP) is 18.7. The molecular formula is C68H109O11P. The summed E-state index contributed by atoms with van der Waals surface area (Å²) in [6.07, 6.45) is 78.0. The Hall–Kier alpha value is -4.64. The quantitative estimate of drug-likeness (QED) is 0.0197. The van der Waals surface area contributed by atoms with Crippen molar-refractivity contribution < 1.29 is 52.2 Å². The fourth-order valence-electron chi connectivity index (χ4n) is 7.68. The van der Waals surface area contributed by atoms with Gasteiger partial charge < -0.3 is 24.2 Å². The van der Waals surface area contributed by atoms with Crippen molar-refractivity contribution in [2.75, 3.05) is 26.4 Å². The number of aliphatic hydroxyl groups excluding tert-OH is 1. The molecule has 0 aromatic rings. The van der Waals surface area contributed by atoms with Crippen LogP contribution in [-0.2, 0) is 42.2 Å². The van der Waals surface area contributed by atoms with E-state index in [1.165, 1.54) is 0 Å². The number of hydrogen-bond donors (Lipinski definition) is 2. The molecule has 0 aliphatic carbocycles. The van der Waals surface area contributed by atoms with E-state index in [9.17, 15) is 28.9 Å². The number of carbonyl (C=O) groups is 3. The Kier molecular flexibility index (Phi) is 56.9. The molecule has 0 amide bonds. The van der Waals surface area contributed by atoms with Gasteiger partial charge in [0.25, 0.3) is 0 Å². The highest BCUT2D eigenvalue weighted by Gasteiger charge is 2.28. The van der Waals surface area contributed by atoms with Crippen LogP contribution in [0.4, 0.5) is 0 Å². The Labute approximate surface area is 486 Å². The van der Waals surface area contributed by atoms with E-state index in [0.717, 1.165) is 167 Å². The molecule has 0 saturated heterocycles. The van der Waals surface area contributed by atoms with Crippen LogP contribution in [0.1, 0.15) is 226 Å². The number of phosphoric ester groups is 1. The number of aliphatic hydroxyl groups is 1. The first kappa shape index (κ1) is 75.4. The van der Waals surface area contributed by atoms with Crippen LogP contribution in [0.25, 0.3) is 0 Å². The largest absolute Gasteiger partial charge is 0.472 e. The molecule has 80 heavy (non-hydrogen) atoms. The Balaban J connectivity index is 4.80. The SMILES string of the molecule is CC/C=C\C/C=C\C/C=C\C/C=C\CCCCCCCCC(=O)OC(CO)COP(=O)(O)OCC(COC(=O)CCCC/C=C\C/C=C\C/C=C\C/C=C\CC)OC(=O)CCCCCCCC/C=C\C/C=C\C/C=C\C/C=C\CC. The number of hydrogen-bond acceptors (Lipinski definition) is 10. The Morgan fingerprint density at radius 2 is 0.613 bits per heavy atom. The monoisotopic (exact) mass is 1130 g/mol. The van der Waals surface area contributed by atoms with Gasteiger partial charge in [0, 0.05) is 19.3 Å². The molecular weight excluding hydrogens is 1020 g/mol.